The fourth-order valence-corrected chi connectivity index (χ4v) is 2.33. The lowest BCUT2D eigenvalue weighted by atomic mass is 10.2. The quantitative estimate of drug-likeness (QED) is 0.730. The molecule has 0 spiro atoms. The Morgan fingerprint density at radius 2 is 1.68 bits per heavy atom. The van der Waals surface area contributed by atoms with E-state index in [1.165, 1.54) is 6.33 Å². The van der Waals surface area contributed by atoms with Crippen molar-refractivity contribution in [2.24, 2.45) is 0 Å². The van der Waals surface area contributed by atoms with Gasteiger partial charge in [-0.05, 0) is 48.9 Å². The van der Waals surface area contributed by atoms with Crippen LogP contribution in [0, 0.1) is 18.3 Å². The highest BCUT2D eigenvalue weighted by molar-refractivity contribution is 5.67. The summed E-state index contributed by atoms with van der Waals surface area (Å²) in [6, 6.07) is 17.0. The van der Waals surface area contributed by atoms with Crippen molar-refractivity contribution >= 4 is 23.0 Å². The normalized spacial score (nSPS) is 9.96. The molecule has 6 heteroatoms. The van der Waals surface area contributed by atoms with Gasteiger partial charge in [0.05, 0.1) is 24.4 Å². The summed E-state index contributed by atoms with van der Waals surface area (Å²) in [5, 5.41) is 15.3. The van der Waals surface area contributed by atoms with Crippen molar-refractivity contribution in [1.82, 2.24) is 9.97 Å². The summed E-state index contributed by atoms with van der Waals surface area (Å²) in [5.74, 6) is 2.04. The van der Waals surface area contributed by atoms with Crippen LogP contribution in [0.15, 0.2) is 54.9 Å². The first-order valence-electron chi connectivity index (χ1n) is 7.69. The Morgan fingerprint density at radius 3 is 2.36 bits per heavy atom. The van der Waals surface area contributed by atoms with E-state index in [2.05, 4.69) is 26.7 Å². The van der Waals surface area contributed by atoms with E-state index in [4.69, 9.17) is 10.00 Å². The fourth-order valence-electron chi connectivity index (χ4n) is 2.33. The van der Waals surface area contributed by atoms with Crippen molar-refractivity contribution in [2.45, 2.75) is 6.92 Å². The van der Waals surface area contributed by atoms with Gasteiger partial charge in [-0.15, -0.1) is 0 Å². The summed E-state index contributed by atoms with van der Waals surface area (Å²) in [6.07, 6.45) is 1.48. The van der Waals surface area contributed by atoms with Gasteiger partial charge in [0.25, 0.3) is 0 Å². The maximum absolute atomic E-state index is 8.85. The predicted octanol–water partition coefficient (Wildman–Crippen LogP) is 4.15. The standard InChI is InChI=1S/C19H17N5O/c1-13-3-8-17(25-2)16(9-13)24-19-10-18(21-12-22-19)23-15-6-4-14(11-20)5-7-15/h3-10,12H,1-2H3,(H2,21,22,23,24). The number of nitrogens with zero attached hydrogens (tertiary/aromatic N) is 3. The van der Waals surface area contributed by atoms with E-state index < -0.39 is 0 Å². The van der Waals surface area contributed by atoms with Crippen molar-refractivity contribution < 1.29 is 4.74 Å². The third-order valence-corrected chi connectivity index (χ3v) is 3.57. The first kappa shape index (κ1) is 16.3. The average molecular weight is 331 g/mol. The van der Waals surface area contributed by atoms with Crippen LogP contribution in [0.3, 0.4) is 0 Å². The van der Waals surface area contributed by atoms with E-state index in [1.807, 2.05) is 37.3 Å². The molecule has 0 amide bonds. The zero-order chi connectivity index (χ0) is 17.6. The van der Waals surface area contributed by atoms with Crippen molar-refractivity contribution in [3.63, 3.8) is 0 Å². The lowest BCUT2D eigenvalue weighted by Crippen LogP contribution is -2.00. The van der Waals surface area contributed by atoms with Gasteiger partial charge in [-0.3, -0.25) is 0 Å². The summed E-state index contributed by atoms with van der Waals surface area (Å²) >= 11 is 0. The number of nitrogens with one attached hydrogen (secondary N) is 2. The van der Waals surface area contributed by atoms with Crippen molar-refractivity contribution in [3.05, 3.63) is 66.0 Å². The minimum absolute atomic E-state index is 0.613. The SMILES string of the molecule is COc1ccc(C)cc1Nc1cc(Nc2ccc(C#N)cc2)ncn1. The highest BCUT2D eigenvalue weighted by Crippen LogP contribution is 2.28. The van der Waals surface area contributed by atoms with Crippen LogP contribution < -0.4 is 15.4 Å². The van der Waals surface area contributed by atoms with Gasteiger partial charge in [-0.1, -0.05) is 6.07 Å². The summed E-state index contributed by atoms with van der Waals surface area (Å²) in [7, 11) is 1.63. The molecule has 0 fully saturated rings. The zero-order valence-corrected chi connectivity index (χ0v) is 13.9. The Labute approximate surface area is 146 Å². The molecule has 1 aromatic heterocycles. The summed E-state index contributed by atoms with van der Waals surface area (Å²) in [5.41, 5.74) is 3.41. The van der Waals surface area contributed by atoms with E-state index in [9.17, 15) is 0 Å². The van der Waals surface area contributed by atoms with Crippen LogP contribution in [-0.4, -0.2) is 17.1 Å². The summed E-state index contributed by atoms with van der Waals surface area (Å²) in [6.45, 7) is 2.02. The smallest absolute Gasteiger partial charge is 0.142 e. The molecule has 0 radical (unpaired) electrons. The van der Waals surface area contributed by atoms with Gasteiger partial charge in [0.2, 0.25) is 0 Å². The van der Waals surface area contributed by atoms with E-state index >= 15 is 0 Å². The van der Waals surface area contributed by atoms with Crippen LogP contribution >= 0.6 is 0 Å². The van der Waals surface area contributed by atoms with Crippen LogP contribution in [0.5, 0.6) is 5.75 Å². The Bertz CT molecular complexity index is 916. The Morgan fingerprint density at radius 1 is 0.960 bits per heavy atom. The highest BCUT2D eigenvalue weighted by atomic mass is 16.5. The maximum atomic E-state index is 8.85. The topological polar surface area (TPSA) is 82.9 Å². The van der Waals surface area contributed by atoms with Crippen LogP contribution in [-0.2, 0) is 0 Å². The Balaban J connectivity index is 1.79. The fraction of sp³-hybridized carbons (Fsp3) is 0.105. The maximum Gasteiger partial charge on any atom is 0.142 e. The molecule has 3 aromatic rings. The molecule has 0 saturated heterocycles. The molecule has 0 aliphatic heterocycles. The first-order valence-corrected chi connectivity index (χ1v) is 7.69. The molecule has 1 heterocycles. The van der Waals surface area contributed by atoms with E-state index in [-0.39, 0.29) is 0 Å². The molecule has 0 aliphatic carbocycles. The number of nitriles is 1. The van der Waals surface area contributed by atoms with E-state index in [1.54, 1.807) is 25.3 Å². The average Bonchev–Trinajstić information content (AvgIpc) is 2.63. The molecule has 0 atom stereocenters. The van der Waals surface area contributed by atoms with Gasteiger partial charge in [0, 0.05) is 11.8 Å². The molecule has 124 valence electrons. The van der Waals surface area contributed by atoms with E-state index in [0.29, 0.717) is 17.2 Å². The predicted molar refractivity (Wildman–Crippen MR) is 97.5 cm³/mol. The molecule has 3 rings (SSSR count). The number of benzene rings is 2. The third kappa shape index (κ3) is 4.03. The highest BCUT2D eigenvalue weighted by Gasteiger charge is 2.06. The molecular formula is C19H17N5O. The van der Waals surface area contributed by atoms with Gasteiger partial charge in [0.15, 0.2) is 0 Å². The van der Waals surface area contributed by atoms with Gasteiger partial charge in [0.1, 0.15) is 23.7 Å². The summed E-state index contributed by atoms with van der Waals surface area (Å²) in [4.78, 5) is 8.47. The number of ether oxygens (including phenoxy) is 1. The third-order valence-electron chi connectivity index (χ3n) is 3.57. The number of rotatable bonds is 5. The molecule has 2 N–H and O–H groups in total. The number of hydrogen-bond acceptors (Lipinski definition) is 6. The first-order chi connectivity index (χ1) is 12.2. The monoisotopic (exact) mass is 331 g/mol. The number of hydrogen-bond donors (Lipinski definition) is 2. The lowest BCUT2D eigenvalue weighted by Gasteiger charge is -2.12. The number of aromatic nitrogens is 2. The van der Waals surface area contributed by atoms with Gasteiger partial charge < -0.3 is 15.4 Å². The molecule has 25 heavy (non-hydrogen) atoms. The van der Waals surface area contributed by atoms with Crippen LogP contribution in [0.4, 0.5) is 23.0 Å². The number of methoxy groups -OCH3 is 1. The molecule has 6 nitrogen and oxygen atoms in total. The molecule has 2 aromatic carbocycles. The van der Waals surface area contributed by atoms with Crippen LogP contribution in [0.2, 0.25) is 0 Å². The number of anilines is 4. The minimum atomic E-state index is 0.613. The van der Waals surface area contributed by atoms with Gasteiger partial charge >= 0.3 is 0 Å². The van der Waals surface area contributed by atoms with Crippen LogP contribution in [0.1, 0.15) is 11.1 Å². The van der Waals surface area contributed by atoms with Crippen molar-refractivity contribution in [3.8, 4) is 11.8 Å². The Kier molecular flexibility index (Phi) is 4.77. The minimum Gasteiger partial charge on any atom is -0.495 e. The lowest BCUT2D eigenvalue weighted by molar-refractivity contribution is 0.416. The Hall–Kier alpha value is -3.59. The van der Waals surface area contributed by atoms with Gasteiger partial charge in [-0.2, -0.15) is 5.26 Å². The largest absolute Gasteiger partial charge is 0.495 e. The van der Waals surface area contributed by atoms with Crippen LogP contribution in [0.25, 0.3) is 0 Å². The zero-order valence-electron chi connectivity index (χ0n) is 13.9. The van der Waals surface area contributed by atoms with Gasteiger partial charge in [-0.25, -0.2) is 9.97 Å². The second kappa shape index (κ2) is 7.32. The number of aryl methyl sites for hydroxylation is 1. The molecule has 0 aliphatic rings. The van der Waals surface area contributed by atoms with Crippen molar-refractivity contribution in [1.29, 1.82) is 5.26 Å². The second-order valence-corrected chi connectivity index (χ2v) is 5.43. The molecule has 0 bridgehead atoms. The van der Waals surface area contributed by atoms with Crippen molar-refractivity contribution in [2.75, 3.05) is 17.7 Å². The van der Waals surface area contributed by atoms with E-state index in [0.717, 1.165) is 22.7 Å². The molecule has 0 unspecified atom stereocenters. The second-order valence-electron chi connectivity index (χ2n) is 5.43. The molecule has 0 saturated carbocycles. The molecular weight excluding hydrogens is 314 g/mol. The summed E-state index contributed by atoms with van der Waals surface area (Å²) < 4.78 is 5.37.